The first-order chi connectivity index (χ1) is 33.5. The molecule has 2 aliphatic rings. The Labute approximate surface area is 427 Å². The van der Waals surface area contributed by atoms with E-state index < -0.39 is 0 Å². The van der Waals surface area contributed by atoms with E-state index in [0.29, 0.717) is 0 Å². The van der Waals surface area contributed by atoms with Gasteiger partial charge in [-0.1, -0.05) is 185 Å². The predicted molar refractivity (Wildman–Crippen MR) is 310 cm³/mol. The summed E-state index contributed by atoms with van der Waals surface area (Å²) in [5.74, 6) is 1.80. The van der Waals surface area contributed by atoms with E-state index in [-0.39, 0.29) is 28.4 Å². The summed E-state index contributed by atoms with van der Waals surface area (Å²) in [4.78, 5) is 5.01. The minimum Gasteiger partial charge on any atom is -0.456 e. The lowest BCUT2D eigenvalue weighted by Gasteiger charge is -2.42. The molecule has 3 nitrogen and oxygen atoms in total. The van der Waals surface area contributed by atoms with Crippen molar-refractivity contribution in [2.24, 2.45) is 0 Å². The van der Waals surface area contributed by atoms with E-state index >= 15 is 0 Å². The molecular weight excluding hydrogens is 880 g/mol. The number of ether oxygens (including phenoxy) is 1. The largest absolute Gasteiger partial charge is 0.456 e. The van der Waals surface area contributed by atoms with Crippen molar-refractivity contribution in [3.8, 4) is 22.6 Å². The third-order valence-electron chi connectivity index (χ3n) is 15.0. The van der Waals surface area contributed by atoms with Gasteiger partial charge in [-0.3, -0.25) is 0 Å². The van der Waals surface area contributed by atoms with Crippen LogP contribution >= 0.6 is 11.3 Å². The van der Waals surface area contributed by atoms with Crippen LogP contribution < -0.4 is 30.9 Å². The van der Waals surface area contributed by atoms with Gasteiger partial charge in [0.2, 0.25) is 0 Å². The fraction of sp³-hybridized carbons (Fsp3) is 0.273. The average molecular weight is 947 g/mol. The molecule has 0 bridgehead atoms. The SMILES string of the molecule is Cc1cc(C)cc(-c2cc3c4c(c2)N(c2ccc(C(C)(C)C)cc2)c2ccc(C(C)(C)C)cc2B4c2cc4c(sc5ccccc54)c(N(c4ccc(C(C)(C)C)cc4)c4ccc(C(C)(C)C)cc4)c2O3)c1. The van der Waals surface area contributed by atoms with Crippen LogP contribution in [-0.4, -0.2) is 6.71 Å². The van der Waals surface area contributed by atoms with Crippen molar-refractivity contribution < 1.29 is 4.74 Å². The van der Waals surface area contributed by atoms with Gasteiger partial charge in [-0.25, -0.2) is 0 Å². The van der Waals surface area contributed by atoms with E-state index in [0.717, 1.165) is 45.5 Å². The molecule has 0 radical (unpaired) electrons. The lowest BCUT2D eigenvalue weighted by molar-refractivity contribution is 0.489. The first-order valence-corrected chi connectivity index (χ1v) is 26.3. The number of nitrogens with zero attached hydrogens (tertiary/aromatic N) is 2. The normalized spacial score (nSPS) is 13.5. The van der Waals surface area contributed by atoms with Gasteiger partial charge in [-0.05, 0) is 146 Å². The van der Waals surface area contributed by atoms with Crippen LogP contribution in [0.5, 0.6) is 11.5 Å². The number of thiophene rings is 1. The molecule has 1 aromatic heterocycles. The highest BCUT2D eigenvalue weighted by atomic mass is 32.1. The molecule has 8 aromatic carbocycles. The highest BCUT2D eigenvalue weighted by molar-refractivity contribution is 7.26. The smallest absolute Gasteiger partial charge is 0.256 e. The summed E-state index contributed by atoms with van der Waals surface area (Å²) in [6.07, 6.45) is 0. The summed E-state index contributed by atoms with van der Waals surface area (Å²) in [6, 6.07) is 58.2. The van der Waals surface area contributed by atoms with Crippen molar-refractivity contribution in [1.29, 1.82) is 0 Å². The summed E-state index contributed by atoms with van der Waals surface area (Å²) in [5.41, 5.74) is 20.4. The van der Waals surface area contributed by atoms with Gasteiger partial charge in [0, 0.05) is 43.9 Å². The Hall–Kier alpha value is -6.56. The molecule has 9 aromatic rings. The molecule has 71 heavy (non-hydrogen) atoms. The quantitative estimate of drug-likeness (QED) is 0.160. The molecule has 0 amide bonds. The van der Waals surface area contributed by atoms with Crippen LogP contribution in [0.1, 0.15) is 116 Å². The molecule has 11 rings (SSSR count). The van der Waals surface area contributed by atoms with Crippen molar-refractivity contribution in [3.63, 3.8) is 0 Å². The maximum Gasteiger partial charge on any atom is 0.256 e. The van der Waals surface area contributed by atoms with Crippen molar-refractivity contribution >= 4 is 88.7 Å². The van der Waals surface area contributed by atoms with E-state index in [1.807, 2.05) is 11.3 Å². The van der Waals surface area contributed by atoms with Crippen molar-refractivity contribution in [3.05, 3.63) is 185 Å². The van der Waals surface area contributed by atoms with Gasteiger partial charge in [0.15, 0.2) is 0 Å². The molecule has 2 aliphatic heterocycles. The van der Waals surface area contributed by atoms with Gasteiger partial charge in [-0.15, -0.1) is 11.3 Å². The molecule has 0 fully saturated rings. The van der Waals surface area contributed by atoms with Crippen LogP contribution in [0.4, 0.5) is 34.1 Å². The van der Waals surface area contributed by atoms with Gasteiger partial charge < -0.3 is 14.5 Å². The first kappa shape index (κ1) is 46.8. The highest BCUT2D eigenvalue weighted by Crippen LogP contribution is 2.53. The van der Waals surface area contributed by atoms with Gasteiger partial charge in [0.1, 0.15) is 17.2 Å². The number of rotatable bonds is 5. The lowest BCUT2D eigenvalue weighted by Crippen LogP contribution is -2.59. The van der Waals surface area contributed by atoms with Crippen LogP contribution in [0.25, 0.3) is 31.3 Å². The molecule has 356 valence electrons. The summed E-state index contributed by atoms with van der Waals surface area (Å²) < 4.78 is 10.3. The van der Waals surface area contributed by atoms with E-state index in [1.165, 1.54) is 81.2 Å². The topological polar surface area (TPSA) is 15.7 Å². The molecule has 0 saturated heterocycles. The average Bonchev–Trinajstić information content (AvgIpc) is 3.68. The van der Waals surface area contributed by atoms with Crippen molar-refractivity contribution in [2.45, 2.75) is 119 Å². The Bertz CT molecular complexity index is 3480. The van der Waals surface area contributed by atoms with Crippen molar-refractivity contribution in [1.82, 2.24) is 0 Å². The second kappa shape index (κ2) is 16.5. The summed E-state index contributed by atoms with van der Waals surface area (Å²) in [7, 11) is 0. The molecule has 3 heterocycles. The second-order valence-electron chi connectivity index (χ2n) is 24.5. The fourth-order valence-corrected chi connectivity index (χ4v) is 12.3. The van der Waals surface area contributed by atoms with Crippen LogP contribution in [0, 0.1) is 13.8 Å². The Morgan fingerprint density at radius 2 is 1.00 bits per heavy atom. The van der Waals surface area contributed by atoms with Gasteiger partial charge in [0.05, 0.1) is 4.70 Å². The fourth-order valence-electron chi connectivity index (χ4n) is 11.0. The summed E-state index contributed by atoms with van der Waals surface area (Å²) in [6.45, 7) is 31.9. The highest BCUT2D eigenvalue weighted by Gasteiger charge is 2.45. The summed E-state index contributed by atoms with van der Waals surface area (Å²) >= 11 is 1.87. The van der Waals surface area contributed by atoms with E-state index in [2.05, 4.69) is 258 Å². The molecule has 0 N–H and O–H groups in total. The Morgan fingerprint density at radius 3 is 1.56 bits per heavy atom. The molecular formula is C66H67BN2OS. The molecule has 0 aliphatic carbocycles. The third kappa shape index (κ3) is 8.15. The standard InChI is InChI=1S/C66H67BN2OS/c1-40-33-41(2)35-42(34-40)43-36-56-59-57(37-43)70-61-54(67(59)53-38-47(66(12,13)14)25-32-55(53)69(56)50-30-23-46(24-31-50)65(9,10)11)39-52-51-17-15-16-18-58(51)71-62(52)60(61)68(48-26-19-44(20-27-48)63(3,4)5)49-28-21-45(22-29-49)64(6,7)8/h15-39H,1-14H3. The molecule has 0 atom stereocenters. The minimum absolute atomic E-state index is 0.00321. The molecule has 0 saturated carbocycles. The maximum absolute atomic E-state index is 7.86. The first-order valence-electron chi connectivity index (χ1n) is 25.5. The zero-order chi connectivity index (χ0) is 50.1. The third-order valence-corrected chi connectivity index (χ3v) is 16.2. The van der Waals surface area contributed by atoms with Gasteiger partial charge >= 0.3 is 0 Å². The Balaban J connectivity index is 1.27. The van der Waals surface area contributed by atoms with E-state index in [1.54, 1.807) is 0 Å². The number of fused-ring (bicyclic) bond motifs is 7. The summed E-state index contributed by atoms with van der Waals surface area (Å²) in [5, 5.41) is 2.51. The van der Waals surface area contributed by atoms with Gasteiger partial charge in [-0.2, -0.15) is 0 Å². The van der Waals surface area contributed by atoms with Gasteiger partial charge in [0.25, 0.3) is 6.71 Å². The number of benzene rings is 8. The lowest BCUT2D eigenvalue weighted by atomic mass is 9.33. The number of hydrogen-bond donors (Lipinski definition) is 0. The zero-order valence-corrected chi connectivity index (χ0v) is 45.0. The Kier molecular flexibility index (Phi) is 10.9. The molecule has 0 spiro atoms. The predicted octanol–water partition coefficient (Wildman–Crippen LogP) is 17.4. The van der Waals surface area contributed by atoms with E-state index in [4.69, 9.17) is 4.74 Å². The number of anilines is 6. The second-order valence-corrected chi connectivity index (χ2v) is 25.6. The van der Waals surface area contributed by atoms with Crippen molar-refractivity contribution in [2.75, 3.05) is 9.80 Å². The Morgan fingerprint density at radius 1 is 0.479 bits per heavy atom. The van der Waals surface area contributed by atoms with Crippen LogP contribution in [0.15, 0.2) is 152 Å². The van der Waals surface area contributed by atoms with E-state index in [9.17, 15) is 0 Å². The maximum atomic E-state index is 7.86. The van der Waals surface area contributed by atoms with Crippen LogP contribution in [-0.2, 0) is 21.7 Å². The minimum atomic E-state index is -0.130. The van der Waals surface area contributed by atoms with Crippen LogP contribution in [0.2, 0.25) is 0 Å². The number of hydrogen-bond acceptors (Lipinski definition) is 4. The molecule has 5 heteroatoms. The molecule has 0 unspecified atom stereocenters. The number of aryl methyl sites for hydroxylation is 2. The monoisotopic (exact) mass is 947 g/mol. The zero-order valence-electron chi connectivity index (χ0n) is 44.2. The van der Waals surface area contributed by atoms with Crippen LogP contribution in [0.3, 0.4) is 0 Å².